The first kappa shape index (κ1) is 13.6. The van der Waals surface area contributed by atoms with E-state index in [2.05, 4.69) is 30.5 Å². The molecule has 0 spiro atoms. The van der Waals surface area contributed by atoms with Crippen LogP contribution in [0.1, 0.15) is 22.7 Å². The van der Waals surface area contributed by atoms with Crippen LogP contribution in [0.3, 0.4) is 0 Å². The molecule has 1 unspecified atom stereocenters. The highest BCUT2D eigenvalue weighted by Crippen LogP contribution is 2.28. The van der Waals surface area contributed by atoms with Crippen LogP contribution in [0.2, 0.25) is 0 Å². The average molecular weight is 256 g/mol. The Balaban J connectivity index is 2.29. The summed E-state index contributed by atoms with van der Waals surface area (Å²) in [5, 5.41) is 0. The molecule has 0 aliphatic carbocycles. The number of aryl methyl sites for hydroxylation is 1. The quantitative estimate of drug-likeness (QED) is 0.639. The highest BCUT2D eigenvalue weighted by Gasteiger charge is 2.15. The number of rotatable bonds is 5. The normalized spacial score (nSPS) is 12.2. The van der Waals surface area contributed by atoms with Gasteiger partial charge in [0.05, 0.1) is 13.2 Å². The van der Waals surface area contributed by atoms with E-state index in [9.17, 15) is 0 Å². The van der Waals surface area contributed by atoms with E-state index in [4.69, 9.17) is 10.6 Å². The van der Waals surface area contributed by atoms with Gasteiger partial charge in [-0.25, -0.2) is 0 Å². The standard InChI is InChI=1S/C16H20N2O/c1-12-8-9-16(19-2)14(10-12)15(18-17)11-13-6-4-3-5-7-13/h3-10,15,18H,11,17H2,1-2H3. The van der Waals surface area contributed by atoms with Crippen molar-refractivity contribution in [1.29, 1.82) is 0 Å². The summed E-state index contributed by atoms with van der Waals surface area (Å²) >= 11 is 0. The van der Waals surface area contributed by atoms with Gasteiger partial charge in [0, 0.05) is 5.56 Å². The van der Waals surface area contributed by atoms with Gasteiger partial charge in [0.25, 0.3) is 0 Å². The second-order valence-corrected chi connectivity index (χ2v) is 4.65. The Morgan fingerprint density at radius 3 is 2.53 bits per heavy atom. The van der Waals surface area contributed by atoms with Gasteiger partial charge in [-0.15, -0.1) is 0 Å². The van der Waals surface area contributed by atoms with Gasteiger partial charge in [-0.05, 0) is 25.0 Å². The molecule has 3 N–H and O–H groups in total. The molecule has 0 bridgehead atoms. The maximum absolute atomic E-state index is 5.72. The Morgan fingerprint density at radius 2 is 1.89 bits per heavy atom. The van der Waals surface area contributed by atoms with Crippen molar-refractivity contribution in [1.82, 2.24) is 5.43 Å². The molecule has 1 atom stereocenters. The van der Waals surface area contributed by atoms with E-state index in [1.54, 1.807) is 7.11 Å². The minimum Gasteiger partial charge on any atom is -0.496 e. The summed E-state index contributed by atoms with van der Waals surface area (Å²) in [4.78, 5) is 0. The monoisotopic (exact) mass is 256 g/mol. The number of ether oxygens (including phenoxy) is 1. The first-order chi connectivity index (χ1) is 9.24. The number of benzene rings is 2. The lowest BCUT2D eigenvalue weighted by Gasteiger charge is -2.19. The van der Waals surface area contributed by atoms with Crippen molar-refractivity contribution < 1.29 is 4.74 Å². The van der Waals surface area contributed by atoms with E-state index in [0.717, 1.165) is 17.7 Å². The van der Waals surface area contributed by atoms with Gasteiger partial charge in [0.1, 0.15) is 5.75 Å². The van der Waals surface area contributed by atoms with Crippen molar-refractivity contribution in [2.75, 3.05) is 7.11 Å². The second kappa shape index (κ2) is 6.36. The molecule has 0 aromatic heterocycles. The second-order valence-electron chi connectivity index (χ2n) is 4.65. The number of methoxy groups -OCH3 is 1. The number of nitrogens with one attached hydrogen (secondary N) is 1. The van der Waals surface area contributed by atoms with Gasteiger partial charge < -0.3 is 4.74 Å². The van der Waals surface area contributed by atoms with Crippen molar-refractivity contribution in [3.63, 3.8) is 0 Å². The summed E-state index contributed by atoms with van der Waals surface area (Å²) in [6, 6.07) is 16.5. The van der Waals surface area contributed by atoms with Crippen LogP contribution in [0.4, 0.5) is 0 Å². The fourth-order valence-electron chi connectivity index (χ4n) is 2.23. The van der Waals surface area contributed by atoms with Crippen molar-refractivity contribution in [2.24, 2.45) is 5.84 Å². The zero-order valence-electron chi connectivity index (χ0n) is 11.4. The molecule has 0 saturated heterocycles. The van der Waals surface area contributed by atoms with Gasteiger partial charge in [-0.3, -0.25) is 11.3 Å². The minimum atomic E-state index is 0.0391. The summed E-state index contributed by atoms with van der Waals surface area (Å²) in [6.07, 6.45) is 0.831. The van der Waals surface area contributed by atoms with Crippen molar-refractivity contribution in [2.45, 2.75) is 19.4 Å². The van der Waals surface area contributed by atoms with Crippen LogP contribution in [0, 0.1) is 6.92 Å². The van der Waals surface area contributed by atoms with Crippen LogP contribution in [0.5, 0.6) is 5.75 Å². The average Bonchev–Trinajstić information content (AvgIpc) is 2.46. The van der Waals surface area contributed by atoms with Crippen molar-refractivity contribution in [3.8, 4) is 5.75 Å². The van der Waals surface area contributed by atoms with E-state index in [1.165, 1.54) is 11.1 Å². The Hall–Kier alpha value is -1.84. The highest BCUT2D eigenvalue weighted by atomic mass is 16.5. The Morgan fingerprint density at radius 1 is 1.16 bits per heavy atom. The molecule has 3 heteroatoms. The van der Waals surface area contributed by atoms with Gasteiger partial charge in [-0.2, -0.15) is 0 Å². The maximum atomic E-state index is 5.72. The lowest BCUT2D eigenvalue weighted by atomic mass is 9.97. The SMILES string of the molecule is COc1ccc(C)cc1C(Cc1ccccc1)NN. The summed E-state index contributed by atoms with van der Waals surface area (Å²) in [6.45, 7) is 2.07. The van der Waals surface area contributed by atoms with E-state index in [1.807, 2.05) is 30.3 Å². The first-order valence-corrected chi connectivity index (χ1v) is 6.39. The topological polar surface area (TPSA) is 47.3 Å². The highest BCUT2D eigenvalue weighted by molar-refractivity contribution is 5.40. The predicted molar refractivity (Wildman–Crippen MR) is 77.9 cm³/mol. The fraction of sp³-hybridized carbons (Fsp3) is 0.250. The third-order valence-electron chi connectivity index (χ3n) is 3.24. The first-order valence-electron chi connectivity index (χ1n) is 6.39. The number of hydrogen-bond acceptors (Lipinski definition) is 3. The van der Waals surface area contributed by atoms with Crippen LogP contribution in [-0.4, -0.2) is 7.11 Å². The number of nitrogens with two attached hydrogens (primary N) is 1. The minimum absolute atomic E-state index is 0.0391. The van der Waals surface area contributed by atoms with Gasteiger partial charge >= 0.3 is 0 Å². The molecule has 2 aromatic carbocycles. The maximum Gasteiger partial charge on any atom is 0.123 e. The molecule has 0 aliphatic heterocycles. The molecular formula is C16H20N2O. The van der Waals surface area contributed by atoms with E-state index in [-0.39, 0.29) is 6.04 Å². The third-order valence-corrected chi connectivity index (χ3v) is 3.24. The zero-order valence-corrected chi connectivity index (χ0v) is 11.4. The number of hydrazine groups is 1. The molecule has 0 heterocycles. The van der Waals surface area contributed by atoms with Gasteiger partial charge in [-0.1, -0.05) is 48.0 Å². The predicted octanol–water partition coefficient (Wildman–Crippen LogP) is 2.75. The van der Waals surface area contributed by atoms with Crippen LogP contribution in [0.25, 0.3) is 0 Å². The fourth-order valence-corrected chi connectivity index (χ4v) is 2.23. The summed E-state index contributed by atoms with van der Waals surface area (Å²) in [5.74, 6) is 6.59. The third kappa shape index (κ3) is 3.34. The summed E-state index contributed by atoms with van der Waals surface area (Å²) < 4.78 is 5.43. The molecule has 19 heavy (non-hydrogen) atoms. The molecule has 0 fully saturated rings. The van der Waals surface area contributed by atoms with Gasteiger partial charge in [0.15, 0.2) is 0 Å². The molecule has 2 aromatic rings. The molecular weight excluding hydrogens is 236 g/mol. The molecule has 2 rings (SSSR count). The lowest BCUT2D eigenvalue weighted by Crippen LogP contribution is -2.30. The molecule has 0 amide bonds. The molecule has 0 aliphatic rings. The molecule has 0 saturated carbocycles. The molecule has 3 nitrogen and oxygen atoms in total. The van der Waals surface area contributed by atoms with Crippen LogP contribution in [-0.2, 0) is 6.42 Å². The van der Waals surface area contributed by atoms with Crippen LogP contribution in [0.15, 0.2) is 48.5 Å². The van der Waals surface area contributed by atoms with Crippen molar-refractivity contribution >= 4 is 0 Å². The van der Waals surface area contributed by atoms with Crippen LogP contribution < -0.4 is 16.0 Å². The van der Waals surface area contributed by atoms with E-state index >= 15 is 0 Å². The molecule has 0 radical (unpaired) electrons. The van der Waals surface area contributed by atoms with E-state index in [0.29, 0.717) is 0 Å². The largest absolute Gasteiger partial charge is 0.496 e. The summed E-state index contributed by atoms with van der Waals surface area (Å²) in [7, 11) is 1.68. The van der Waals surface area contributed by atoms with E-state index < -0.39 is 0 Å². The van der Waals surface area contributed by atoms with Crippen LogP contribution >= 0.6 is 0 Å². The smallest absolute Gasteiger partial charge is 0.123 e. The zero-order chi connectivity index (χ0) is 13.7. The number of hydrogen-bond donors (Lipinski definition) is 2. The van der Waals surface area contributed by atoms with Crippen molar-refractivity contribution in [3.05, 3.63) is 65.2 Å². The molecule has 100 valence electrons. The Kier molecular flexibility index (Phi) is 4.55. The Labute approximate surface area is 114 Å². The Bertz CT molecular complexity index is 526. The lowest BCUT2D eigenvalue weighted by molar-refractivity contribution is 0.399. The summed E-state index contributed by atoms with van der Waals surface area (Å²) in [5.41, 5.74) is 6.42. The van der Waals surface area contributed by atoms with Gasteiger partial charge in [0.2, 0.25) is 0 Å².